The number of nitrogens with zero attached hydrogens (tertiary/aromatic N) is 2. The van der Waals surface area contributed by atoms with Gasteiger partial charge in [-0.1, -0.05) is 25.4 Å². The van der Waals surface area contributed by atoms with Crippen molar-refractivity contribution in [1.29, 1.82) is 0 Å². The van der Waals surface area contributed by atoms with Crippen LogP contribution in [-0.2, 0) is 9.59 Å². The highest BCUT2D eigenvalue weighted by Crippen LogP contribution is 2.37. The van der Waals surface area contributed by atoms with Gasteiger partial charge >= 0.3 is 0 Å². The lowest BCUT2D eigenvalue weighted by molar-refractivity contribution is -0.121. The number of fused-ring (bicyclic) bond motifs is 1. The van der Waals surface area contributed by atoms with Crippen LogP contribution in [0.2, 0.25) is 5.02 Å². The van der Waals surface area contributed by atoms with Crippen LogP contribution >= 0.6 is 11.6 Å². The highest BCUT2D eigenvalue weighted by atomic mass is 35.5. The van der Waals surface area contributed by atoms with Crippen molar-refractivity contribution in [2.75, 3.05) is 16.8 Å². The smallest absolute Gasteiger partial charge is 0.269 e. The summed E-state index contributed by atoms with van der Waals surface area (Å²) in [5.74, 6) is 0.293. The van der Waals surface area contributed by atoms with Crippen LogP contribution in [0.15, 0.2) is 36.4 Å². The van der Waals surface area contributed by atoms with E-state index < -0.39 is 0 Å². The van der Waals surface area contributed by atoms with Gasteiger partial charge in [0.15, 0.2) is 6.61 Å². The molecule has 0 bridgehead atoms. The molecule has 3 rings (SSSR count). The van der Waals surface area contributed by atoms with Gasteiger partial charge in [0, 0.05) is 16.6 Å². The number of carbonyl (C=O) groups excluding carboxylic acids is 2. The monoisotopic (exact) mass is 359 g/mol. The van der Waals surface area contributed by atoms with E-state index in [1.165, 1.54) is 4.90 Å². The van der Waals surface area contributed by atoms with Gasteiger partial charge in [-0.05, 0) is 42.8 Å². The van der Waals surface area contributed by atoms with Crippen LogP contribution in [0.25, 0.3) is 0 Å². The van der Waals surface area contributed by atoms with Gasteiger partial charge in [0.05, 0.1) is 0 Å². The topological polar surface area (TPSA) is 71.5 Å². The van der Waals surface area contributed by atoms with E-state index in [9.17, 15) is 9.59 Å². The average molecular weight is 360 g/mol. The number of anilines is 3. The Kier molecular flexibility index (Phi) is 4.90. The molecule has 6 nitrogen and oxygen atoms in total. The van der Waals surface area contributed by atoms with E-state index in [1.54, 1.807) is 36.4 Å². The van der Waals surface area contributed by atoms with Gasteiger partial charge in [0.2, 0.25) is 11.8 Å². The molecule has 2 amide bonds. The molecule has 1 aliphatic rings. The van der Waals surface area contributed by atoms with Crippen LogP contribution in [0, 0.1) is 5.92 Å². The van der Waals surface area contributed by atoms with Gasteiger partial charge in [-0.25, -0.2) is 0 Å². The molecule has 1 aliphatic heterocycles. The Morgan fingerprint density at radius 3 is 2.72 bits per heavy atom. The summed E-state index contributed by atoms with van der Waals surface area (Å²) < 4.78 is 5.44. The highest BCUT2D eigenvalue weighted by molar-refractivity contribution is 6.30. The predicted molar refractivity (Wildman–Crippen MR) is 96.4 cm³/mol. The first-order valence-corrected chi connectivity index (χ1v) is 8.40. The number of pyridine rings is 1. The molecule has 0 unspecified atom stereocenters. The average Bonchev–Trinajstić information content (AvgIpc) is 2.62. The van der Waals surface area contributed by atoms with E-state index in [1.807, 2.05) is 13.8 Å². The minimum atomic E-state index is -0.201. The summed E-state index contributed by atoms with van der Waals surface area (Å²) in [6.45, 7) is 3.68. The van der Waals surface area contributed by atoms with Crippen LogP contribution in [0.3, 0.4) is 0 Å². The number of rotatable bonds is 4. The lowest BCUT2D eigenvalue weighted by Crippen LogP contribution is -2.35. The predicted octanol–water partition coefficient (Wildman–Crippen LogP) is 3.78. The fourth-order valence-corrected chi connectivity index (χ4v) is 2.54. The first-order chi connectivity index (χ1) is 12.0. The van der Waals surface area contributed by atoms with Crippen LogP contribution < -0.4 is 15.0 Å². The molecule has 2 aromatic rings. The number of amides is 2. The Bertz CT molecular complexity index is 808. The summed E-state index contributed by atoms with van der Waals surface area (Å²) in [5.41, 5.74) is 1.21. The molecule has 1 N–H and O–H groups in total. The van der Waals surface area contributed by atoms with E-state index in [-0.39, 0.29) is 24.3 Å². The lowest BCUT2D eigenvalue weighted by Gasteiger charge is -2.28. The van der Waals surface area contributed by atoms with Crippen molar-refractivity contribution in [2.45, 2.75) is 20.3 Å². The second-order valence-electron chi connectivity index (χ2n) is 5.81. The van der Waals surface area contributed by atoms with Gasteiger partial charge in [0.1, 0.15) is 11.5 Å². The van der Waals surface area contributed by atoms with Gasteiger partial charge in [0.25, 0.3) is 5.91 Å². The van der Waals surface area contributed by atoms with Crippen molar-refractivity contribution in [3.8, 4) is 5.88 Å². The van der Waals surface area contributed by atoms with Gasteiger partial charge in [-0.2, -0.15) is 4.98 Å². The van der Waals surface area contributed by atoms with Crippen molar-refractivity contribution >= 4 is 40.6 Å². The number of hydrogen-bond acceptors (Lipinski definition) is 4. The normalized spacial score (nSPS) is 14.5. The molecule has 1 aromatic carbocycles. The van der Waals surface area contributed by atoms with Crippen molar-refractivity contribution < 1.29 is 14.3 Å². The molecule has 0 fully saturated rings. The first-order valence-electron chi connectivity index (χ1n) is 8.03. The van der Waals surface area contributed by atoms with Crippen LogP contribution in [0.5, 0.6) is 5.88 Å². The third-order valence-corrected chi connectivity index (χ3v) is 4.31. The van der Waals surface area contributed by atoms with Crippen molar-refractivity contribution in [3.63, 3.8) is 0 Å². The minimum absolute atomic E-state index is 0.101. The SMILES string of the molecule is CC[C@@H](C)C(=O)Nc1ccc2c(n1)OCC(=O)N2c1ccc(Cl)cc1. The largest absolute Gasteiger partial charge is 0.466 e. The fraction of sp³-hybridized carbons (Fsp3) is 0.278. The zero-order valence-electron chi connectivity index (χ0n) is 14.0. The molecule has 1 aromatic heterocycles. The highest BCUT2D eigenvalue weighted by Gasteiger charge is 2.28. The lowest BCUT2D eigenvalue weighted by atomic mass is 10.1. The maximum Gasteiger partial charge on any atom is 0.269 e. The molecule has 0 saturated carbocycles. The number of hydrogen-bond donors (Lipinski definition) is 1. The summed E-state index contributed by atoms with van der Waals surface area (Å²) in [7, 11) is 0. The summed E-state index contributed by atoms with van der Waals surface area (Å²) in [6.07, 6.45) is 0.742. The summed E-state index contributed by atoms with van der Waals surface area (Å²) in [5, 5.41) is 3.35. The standard InChI is InChI=1S/C18H18ClN3O3/c1-3-11(2)17(24)20-15-9-8-14-18(21-15)25-10-16(23)22(14)13-6-4-12(19)5-7-13/h4-9,11H,3,10H2,1-2H3,(H,20,21,24)/t11-/m1/s1. The second kappa shape index (κ2) is 7.11. The Hall–Kier alpha value is -2.60. The number of ether oxygens (including phenoxy) is 1. The van der Waals surface area contributed by atoms with Gasteiger partial charge in [-0.15, -0.1) is 0 Å². The van der Waals surface area contributed by atoms with Crippen LogP contribution in [0.4, 0.5) is 17.2 Å². The number of halogens is 1. The van der Waals surface area contributed by atoms with Crippen molar-refractivity contribution in [2.24, 2.45) is 5.92 Å². The third kappa shape index (κ3) is 3.58. The van der Waals surface area contributed by atoms with E-state index >= 15 is 0 Å². The van der Waals surface area contributed by atoms with E-state index in [4.69, 9.17) is 16.3 Å². The van der Waals surface area contributed by atoms with E-state index in [2.05, 4.69) is 10.3 Å². The molecule has 130 valence electrons. The summed E-state index contributed by atoms with van der Waals surface area (Å²) in [6, 6.07) is 10.3. The molecule has 1 atom stereocenters. The number of nitrogens with one attached hydrogen (secondary N) is 1. The molecule has 7 heteroatoms. The molecular formula is C18H18ClN3O3. The molecule has 0 saturated heterocycles. The number of benzene rings is 1. The van der Waals surface area contributed by atoms with E-state index in [0.717, 1.165) is 6.42 Å². The maximum atomic E-state index is 12.3. The second-order valence-corrected chi connectivity index (χ2v) is 6.25. The molecule has 2 heterocycles. The zero-order valence-corrected chi connectivity index (χ0v) is 14.7. The molecule has 0 spiro atoms. The maximum absolute atomic E-state index is 12.3. The fourth-order valence-electron chi connectivity index (χ4n) is 2.42. The molecule has 0 aliphatic carbocycles. The van der Waals surface area contributed by atoms with E-state index in [0.29, 0.717) is 28.1 Å². The third-order valence-electron chi connectivity index (χ3n) is 4.06. The first kappa shape index (κ1) is 17.2. The van der Waals surface area contributed by atoms with Crippen molar-refractivity contribution in [1.82, 2.24) is 4.98 Å². The Morgan fingerprint density at radius 2 is 2.04 bits per heavy atom. The number of carbonyl (C=O) groups is 2. The summed E-state index contributed by atoms with van der Waals surface area (Å²) >= 11 is 5.91. The minimum Gasteiger partial charge on any atom is -0.466 e. The Morgan fingerprint density at radius 1 is 1.32 bits per heavy atom. The van der Waals surface area contributed by atoms with Gasteiger partial charge < -0.3 is 10.1 Å². The molecule has 25 heavy (non-hydrogen) atoms. The molecule has 0 radical (unpaired) electrons. The number of aromatic nitrogens is 1. The quantitative estimate of drug-likeness (QED) is 0.901. The Balaban J connectivity index is 1.91. The molecular weight excluding hydrogens is 342 g/mol. The van der Waals surface area contributed by atoms with Gasteiger partial charge in [-0.3, -0.25) is 14.5 Å². The summed E-state index contributed by atoms with van der Waals surface area (Å²) in [4.78, 5) is 30.2. The van der Waals surface area contributed by atoms with Crippen molar-refractivity contribution in [3.05, 3.63) is 41.4 Å². The van der Waals surface area contributed by atoms with Crippen LogP contribution in [-0.4, -0.2) is 23.4 Å². The Labute approximate surface area is 150 Å². The van der Waals surface area contributed by atoms with Crippen LogP contribution in [0.1, 0.15) is 20.3 Å². The zero-order chi connectivity index (χ0) is 18.0.